The van der Waals surface area contributed by atoms with Gasteiger partial charge in [0.15, 0.2) is 0 Å². The normalized spacial score (nSPS) is 14.6. The molecule has 0 amide bonds. The van der Waals surface area contributed by atoms with Crippen LogP contribution >= 0.6 is 45.9 Å². The average Bonchev–Trinajstić information content (AvgIpc) is 3.31. The maximum atomic E-state index is 13.5. The molecule has 154 valence electrons. The molecule has 0 spiro atoms. The molecule has 0 radical (unpaired) electrons. The number of rotatable bonds is 5. The monoisotopic (exact) mass is 507 g/mol. The van der Waals surface area contributed by atoms with Gasteiger partial charge in [0.25, 0.3) is 20.0 Å². The van der Waals surface area contributed by atoms with Crippen LogP contribution in [-0.4, -0.2) is 16.8 Å². The van der Waals surface area contributed by atoms with E-state index in [4.69, 9.17) is 23.2 Å². The van der Waals surface area contributed by atoms with Gasteiger partial charge < -0.3 is 0 Å². The lowest BCUT2D eigenvalue weighted by molar-refractivity contribution is 0.586. The molecule has 0 aliphatic heterocycles. The minimum atomic E-state index is -4.42. The van der Waals surface area contributed by atoms with E-state index in [-0.39, 0.29) is 22.8 Å². The van der Waals surface area contributed by atoms with Gasteiger partial charge >= 0.3 is 0 Å². The third kappa shape index (κ3) is 3.84. The summed E-state index contributed by atoms with van der Waals surface area (Å²) in [5, 5.41) is 0. The molecular weight excluding hydrogens is 493 g/mol. The largest absolute Gasteiger partial charge is 0.287 e. The zero-order chi connectivity index (χ0) is 20.8. The number of halogens is 2. The first-order valence-electron chi connectivity index (χ1n) is 8.63. The minimum absolute atomic E-state index is 0.137. The van der Waals surface area contributed by atoms with Crippen LogP contribution < -0.4 is 3.71 Å². The highest BCUT2D eigenvalue weighted by atomic mass is 35.5. The van der Waals surface area contributed by atoms with Crippen LogP contribution in [0.1, 0.15) is 24.0 Å². The Kier molecular flexibility index (Phi) is 5.73. The Hall–Kier alpha value is -1.10. The highest BCUT2D eigenvalue weighted by Gasteiger charge is 2.40. The van der Waals surface area contributed by atoms with E-state index < -0.39 is 20.0 Å². The number of hydrogen-bond acceptors (Lipinski definition) is 6. The Morgan fingerprint density at radius 3 is 1.83 bits per heavy atom. The fourth-order valence-corrected chi connectivity index (χ4v) is 10.5. The van der Waals surface area contributed by atoms with Crippen molar-refractivity contribution in [1.82, 2.24) is 0 Å². The molecule has 2 heterocycles. The molecule has 0 fully saturated rings. The molecular formula is C18H15Cl2NO4S4. The van der Waals surface area contributed by atoms with E-state index in [2.05, 4.69) is 0 Å². The van der Waals surface area contributed by atoms with Crippen molar-refractivity contribution in [3.63, 3.8) is 0 Å². The number of aryl methyl sites for hydroxylation is 1. The summed E-state index contributed by atoms with van der Waals surface area (Å²) >= 11 is 13.5. The molecule has 11 heteroatoms. The Morgan fingerprint density at radius 2 is 1.31 bits per heavy atom. The molecule has 4 rings (SSSR count). The van der Waals surface area contributed by atoms with Gasteiger partial charge in [-0.15, -0.1) is 22.7 Å². The third-order valence-electron chi connectivity index (χ3n) is 4.61. The molecule has 1 aliphatic rings. The van der Waals surface area contributed by atoms with Gasteiger partial charge in [0.1, 0.15) is 8.42 Å². The summed E-state index contributed by atoms with van der Waals surface area (Å²) in [5.74, 6) is 0. The quantitative estimate of drug-likeness (QED) is 0.451. The van der Waals surface area contributed by atoms with Gasteiger partial charge in [0.2, 0.25) is 0 Å². The predicted molar refractivity (Wildman–Crippen MR) is 119 cm³/mol. The number of hydrogen-bond donors (Lipinski definition) is 0. The van der Waals surface area contributed by atoms with E-state index in [1.807, 2.05) is 6.07 Å². The molecule has 29 heavy (non-hydrogen) atoms. The maximum Gasteiger partial charge on any atom is 0.287 e. The zero-order valence-corrected chi connectivity index (χ0v) is 19.6. The number of thiophene rings is 2. The molecule has 0 saturated carbocycles. The van der Waals surface area contributed by atoms with Crippen LogP contribution in [0.25, 0.3) is 0 Å². The summed E-state index contributed by atoms with van der Waals surface area (Å²) in [6, 6.07) is 10.7. The summed E-state index contributed by atoms with van der Waals surface area (Å²) in [6.07, 6.45) is 3.25. The molecule has 0 unspecified atom stereocenters. The minimum Gasteiger partial charge on any atom is -0.199 e. The lowest BCUT2D eigenvalue weighted by Crippen LogP contribution is -2.37. The van der Waals surface area contributed by atoms with Crippen molar-refractivity contribution in [2.45, 2.75) is 34.1 Å². The number of nitrogens with zero attached hydrogens (tertiary/aromatic N) is 1. The zero-order valence-electron chi connectivity index (χ0n) is 14.8. The van der Waals surface area contributed by atoms with Gasteiger partial charge in [-0.3, -0.25) is 0 Å². The van der Waals surface area contributed by atoms with E-state index in [0.29, 0.717) is 10.1 Å². The van der Waals surface area contributed by atoms with E-state index in [1.165, 1.54) is 24.3 Å². The Bertz CT molecular complexity index is 1210. The van der Waals surface area contributed by atoms with Crippen LogP contribution in [0.4, 0.5) is 5.69 Å². The summed E-state index contributed by atoms with van der Waals surface area (Å²) in [5.41, 5.74) is 1.88. The first kappa shape index (κ1) is 21.1. The second-order valence-corrected chi connectivity index (χ2v) is 14.1. The lowest BCUT2D eigenvalue weighted by atomic mass is 9.91. The molecule has 3 aromatic rings. The Labute approximate surface area is 187 Å². The second-order valence-electron chi connectivity index (χ2n) is 6.45. The number of sulfonamides is 2. The van der Waals surface area contributed by atoms with Crippen molar-refractivity contribution >= 4 is 71.6 Å². The van der Waals surface area contributed by atoms with Crippen LogP contribution in [0.3, 0.4) is 0 Å². The first-order chi connectivity index (χ1) is 13.7. The fraction of sp³-hybridized carbons (Fsp3) is 0.222. The SMILES string of the molecule is O=S(=O)(c1ccc(Cl)s1)N(c1cccc2c1CCCC2)S(=O)(=O)c1ccc(Cl)s1. The van der Waals surface area contributed by atoms with Gasteiger partial charge in [-0.2, -0.15) is 20.5 Å². The summed E-state index contributed by atoms with van der Waals surface area (Å²) in [4.78, 5) is 0. The van der Waals surface area contributed by atoms with Gasteiger partial charge in [0.05, 0.1) is 14.4 Å². The number of anilines is 1. The highest BCUT2D eigenvalue weighted by Crippen LogP contribution is 2.40. The van der Waals surface area contributed by atoms with Crippen molar-refractivity contribution in [2.75, 3.05) is 3.71 Å². The lowest BCUT2D eigenvalue weighted by Gasteiger charge is -2.27. The van der Waals surface area contributed by atoms with Crippen molar-refractivity contribution in [3.8, 4) is 0 Å². The van der Waals surface area contributed by atoms with Crippen LogP contribution in [0, 0.1) is 0 Å². The summed E-state index contributed by atoms with van der Waals surface area (Å²) in [7, 11) is -8.84. The van der Waals surface area contributed by atoms with E-state index in [0.717, 1.165) is 53.1 Å². The van der Waals surface area contributed by atoms with Crippen molar-refractivity contribution in [1.29, 1.82) is 0 Å². The molecule has 0 saturated heterocycles. The van der Waals surface area contributed by atoms with Crippen molar-refractivity contribution < 1.29 is 16.8 Å². The number of benzene rings is 1. The second kappa shape index (κ2) is 7.86. The van der Waals surface area contributed by atoms with Gasteiger partial charge in [-0.05, 0) is 67.1 Å². The molecule has 5 nitrogen and oxygen atoms in total. The average molecular weight is 508 g/mol. The van der Waals surface area contributed by atoms with Crippen molar-refractivity contribution in [3.05, 3.63) is 62.3 Å². The van der Waals surface area contributed by atoms with Crippen LogP contribution in [0.15, 0.2) is 50.9 Å². The molecule has 0 atom stereocenters. The Balaban J connectivity index is 1.99. The standard InChI is InChI=1S/C18H15Cl2NO4S4/c19-15-8-10-17(26-15)28(22,23)21(29(24,25)18-11-9-16(20)27-18)14-7-3-5-12-4-1-2-6-13(12)14/h3,5,7-11H,1-2,4,6H2. The van der Waals surface area contributed by atoms with Gasteiger partial charge in [0, 0.05) is 0 Å². The fourth-order valence-electron chi connectivity index (χ4n) is 3.36. The van der Waals surface area contributed by atoms with Crippen LogP contribution in [-0.2, 0) is 32.9 Å². The smallest absolute Gasteiger partial charge is 0.199 e. The maximum absolute atomic E-state index is 13.5. The highest BCUT2D eigenvalue weighted by molar-refractivity contribution is 8.11. The topological polar surface area (TPSA) is 71.5 Å². The predicted octanol–water partition coefficient (Wildman–Crippen LogP) is 5.58. The van der Waals surface area contributed by atoms with Crippen LogP contribution in [0.5, 0.6) is 0 Å². The van der Waals surface area contributed by atoms with Gasteiger partial charge in [-0.1, -0.05) is 35.3 Å². The molecule has 0 bridgehead atoms. The first-order valence-corrected chi connectivity index (χ1v) is 13.9. The molecule has 1 aliphatic carbocycles. The summed E-state index contributed by atoms with van der Waals surface area (Å²) < 4.78 is 54.9. The molecule has 0 N–H and O–H groups in total. The third-order valence-corrected chi connectivity index (χ3v) is 12.2. The van der Waals surface area contributed by atoms with Crippen LogP contribution in [0.2, 0.25) is 8.67 Å². The van der Waals surface area contributed by atoms with Crippen molar-refractivity contribution in [2.24, 2.45) is 0 Å². The molecule has 1 aromatic carbocycles. The molecule has 2 aromatic heterocycles. The van der Waals surface area contributed by atoms with E-state index >= 15 is 0 Å². The van der Waals surface area contributed by atoms with E-state index in [9.17, 15) is 16.8 Å². The van der Waals surface area contributed by atoms with Gasteiger partial charge in [-0.25, -0.2) is 0 Å². The summed E-state index contributed by atoms with van der Waals surface area (Å²) in [6.45, 7) is 0. The Morgan fingerprint density at radius 1 is 0.759 bits per heavy atom. The number of fused-ring (bicyclic) bond motifs is 1. The van der Waals surface area contributed by atoms with E-state index in [1.54, 1.807) is 12.1 Å².